The average molecular weight is 334 g/mol. The molecule has 1 aromatic rings. The molecule has 1 heterocycles. The van der Waals surface area contributed by atoms with Gasteiger partial charge in [-0.1, -0.05) is 18.2 Å². The van der Waals surface area contributed by atoms with Crippen LogP contribution in [0.4, 0.5) is 4.39 Å². The van der Waals surface area contributed by atoms with E-state index in [0.29, 0.717) is 0 Å². The van der Waals surface area contributed by atoms with Gasteiger partial charge in [0.15, 0.2) is 0 Å². The zero-order valence-corrected chi connectivity index (χ0v) is 11.3. The van der Waals surface area contributed by atoms with Crippen LogP contribution in [0, 0.1) is 3.57 Å². The third kappa shape index (κ3) is 2.73. The molecule has 1 aliphatic heterocycles. The number of halogens is 2. The van der Waals surface area contributed by atoms with E-state index in [1.54, 1.807) is 0 Å². The molecule has 0 bridgehead atoms. The van der Waals surface area contributed by atoms with Gasteiger partial charge in [-0.25, -0.2) is 4.39 Å². The second-order valence-electron chi connectivity index (χ2n) is 3.98. The third-order valence-corrected chi connectivity index (χ3v) is 3.99. The summed E-state index contributed by atoms with van der Waals surface area (Å²) in [5.74, 6) is 0. The fraction of sp³-hybridized carbons (Fsp3) is 0.500. The van der Waals surface area contributed by atoms with Crippen LogP contribution < -0.4 is 5.32 Å². The SMILES string of the molecule is FC[C@H](c1ccccc1I)N1CCNCC1. The quantitative estimate of drug-likeness (QED) is 0.853. The minimum absolute atomic E-state index is 0.0739. The molecule has 0 spiro atoms. The van der Waals surface area contributed by atoms with Crippen molar-refractivity contribution < 1.29 is 4.39 Å². The van der Waals surface area contributed by atoms with E-state index >= 15 is 0 Å². The van der Waals surface area contributed by atoms with Gasteiger partial charge in [0.1, 0.15) is 6.67 Å². The lowest BCUT2D eigenvalue weighted by atomic mass is 10.1. The van der Waals surface area contributed by atoms with Crippen LogP contribution in [0.15, 0.2) is 24.3 Å². The van der Waals surface area contributed by atoms with Crippen molar-refractivity contribution >= 4 is 22.6 Å². The van der Waals surface area contributed by atoms with E-state index in [1.165, 1.54) is 0 Å². The van der Waals surface area contributed by atoms with E-state index in [1.807, 2.05) is 24.3 Å². The third-order valence-electron chi connectivity index (χ3n) is 3.00. The molecule has 1 saturated heterocycles. The molecule has 0 saturated carbocycles. The summed E-state index contributed by atoms with van der Waals surface area (Å²) in [6.07, 6.45) is 0. The molecule has 1 atom stereocenters. The van der Waals surface area contributed by atoms with E-state index in [9.17, 15) is 4.39 Å². The van der Waals surface area contributed by atoms with Crippen LogP contribution in [0.25, 0.3) is 0 Å². The first-order chi connectivity index (χ1) is 7.83. The zero-order chi connectivity index (χ0) is 11.4. The first-order valence-corrected chi connectivity index (χ1v) is 6.66. The highest BCUT2D eigenvalue weighted by atomic mass is 127. The van der Waals surface area contributed by atoms with Gasteiger partial charge in [0, 0.05) is 29.7 Å². The van der Waals surface area contributed by atoms with E-state index in [2.05, 4.69) is 32.8 Å². The van der Waals surface area contributed by atoms with Crippen molar-refractivity contribution in [3.05, 3.63) is 33.4 Å². The summed E-state index contributed by atoms with van der Waals surface area (Å²) in [4.78, 5) is 2.23. The number of benzene rings is 1. The van der Waals surface area contributed by atoms with Crippen LogP contribution >= 0.6 is 22.6 Å². The minimum Gasteiger partial charge on any atom is -0.314 e. The van der Waals surface area contributed by atoms with Crippen molar-refractivity contribution in [2.24, 2.45) is 0 Å². The highest BCUT2D eigenvalue weighted by molar-refractivity contribution is 14.1. The normalized spacial score (nSPS) is 19.6. The first-order valence-electron chi connectivity index (χ1n) is 5.58. The fourth-order valence-corrected chi connectivity index (χ4v) is 2.86. The smallest absolute Gasteiger partial charge is 0.109 e. The zero-order valence-electron chi connectivity index (χ0n) is 9.13. The summed E-state index contributed by atoms with van der Waals surface area (Å²) in [6, 6.07) is 7.99. The number of alkyl halides is 1. The molecule has 1 fully saturated rings. The van der Waals surface area contributed by atoms with Gasteiger partial charge < -0.3 is 5.32 Å². The second kappa shape index (κ2) is 5.93. The van der Waals surface area contributed by atoms with Crippen LogP contribution in [-0.2, 0) is 0 Å². The maximum Gasteiger partial charge on any atom is 0.109 e. The Balaban J connectivity index is 2.18. The van der Waals surface area contributed by atoms with Gasteiger partial charge >= 0.3 is 0 Å². The standard InChI is InChI=1S/C12H16FIN2/c13-9-12(16-7-5-15-6-8-16)10-3-1-2-4-11(10)14/h1-4,12,15H,5-9H2/t12-/m1/s1. The van der Waals surface area contributed by atoms with E-state index < -0.39 is 0 Å². The highest BCUT2D eigenvalue weighted by Crippen LogP contribution is 2.25. The lowest BCUT2D eigenvalue weighted by Crippen LogP contribution is -2.45. The summed E-state index contributed by atoms with van der Waals surface area (Å²) >= 11 is 2.29. The van der Waals surface area contributed by atoms with Gasteiger partial charge in [0.2, 0.25) is 0 Å². The topological polar surface area (TPSA) is 15.3 Å². The van der Waals surface area contributed by atoms with Crippen LogP contribution in [-0.4, -0.2) is 37.8 Å². The summed E-state index contributed by atoms with van der Waals surface area (Å²) in [5.41, 5.74) is 1.12. The van der Waals surface area contributed by atoms with Crippen LogP contribution in [0.3, 0.4) is 0 Å². The number of piperazine rings is 1. The Morgan fingerprint density at radius 1 is 1.31 bits per heavy atom. The maximum absolute atomic E-state index is 13.2. The lowest BCUT2D eigenvalue weighted by Gasteiger charge is -2.34. The average Bonchev–Trinajstić information content (AvgIpc) is 2.34. The summed E-state index contributed by atoms with van der Waals surface area (Å²) < 4.78 is 14.4. The van der Waals surface area contributed by atoms with Crippen molar-refractivity contribution in [1.82, 2.24) is 10.2 Å². The van der Waals surface area contributed by atoms with Crippen molar-refractivity contribution in [1.29, 1.82) is 0 Å². The molecule has 0 aliphatic carbocycles. The predicted octanol–water partition coefficient (Wildman–Crippen LogP) is 2.21. The van der Waals surface area contributed by atoms with Gasteiger partial charge in [-0.3, -0.25) is 4.90 Å². The molecule has 2 rings (SSSR count). The Labute approximate surface area is 109 Å². The Morgan fingerprint density at radius 2 is 2.00 bits per heavy atom. The van der Waals surface area contributed by atoms with Crippen molar-refractivity contribution in [3.8, 4) is 0 Å². The van der Waals surface area contributed by atoms with Gasteiger partial charge in [0.25, 0.3) is 0 Å². The first kappa shape index (κ1) is 12.3. The maximum atomic E-state index is 13.2. The molecule has 0 amide bonds. The molecule has 16 heavy (non-hydrogen) atoms. The van der Waals surface area contributed by atoms with E-state index in [-0.39, 0.29) is 12.7 Å². The molecule has 0 aromatic heterocycles. The second-order valence-corrected chi connectivity index (χ2v) is 5.14. The molecular formula is C12H16FIN2. The van der Waals surface area contributed by atoms with Crippen molar-refractivity contribution in [3.63, 3.8) is 0 Å². The van der Waals surface area contributed by atoms with Gasteiger partial charge in [-0.05, 0) is 34.2 Å². The molecule has 0 unspecified atom stereocenters. The molecule has 1 aliphatic rings. The Morgan fingerprint density at radius 3 is 2.62 bits per heavy atom. The number of nitrogens with one attached hydrogen (secondary N) is 1. The van der Waals surface area contributed by atoms with Gasteiger partial charge in [-0.15, -0.1) is 0 Å². The Hall–Kier alpha value is -0.200. The number of hydrogen-bond acceptors (Lipinski definition) is 2. The monoisotopic (exact) mass is 334 g/mol. The predicted molar refractivity (Wildman–Crippen MR) is 72.3 cm³/mol. The number of nitrogens with zero attached hydrogens (tertiary/aromatic N) is 1. The molecule has 1 N–H and O–H groups in total. The minimum atomic E-state index is -0.306. The Kier molecular flexibility index (Phi) is 4.55. The van der Waals surface area contributed by atoms with Crippen molar-refractivity contribution in [2.45, 2.75) is 6.04 Å². The molecule has 0 radical (unpaired) electrons. The number of rotatable bonds is 3. The molecule has 88 valence electrons. The molecule has 2 nitrogen and oxygen atoms in total. The van der Waals surface area contributed by atoms with E-state index in [0.717, 1.165) is 35.3 Å². The van der Waals surface area contributed by atoms with Crippen LogP contribution in [0.5, 0.6) is 0 Å². The van der Waals surface area contributed by atoms with Crippen molar-refractivity contribution in [2.75, 3.05) is 32.9 Å². The highest BCUT2D eigenvalue weighted by Gasteiger charge is 2.23. The molecule has 1 aromatic carbocycles. The largest absolute Gasteiger partial charge is 0.314 e. The summed E-state index contributed by atoms with van der Waals surface area (Å²) in [6.45, 7) is 3.47. The molecular weight excluding hydrogens is 318 g/mol. The Bertz CT molecular complexity index is 340. The summed E-state index contributed by atoms with van der Waals surface area (Å²) in [5, 5.41) is 3.29. The number of hydrogen-bond donors (Lipinski definition) is 1. The lowest BCUT2D eigenvalue weighted by molar-refractivity contribution is 0.147. The van der Waals surface area contributed by atoms with Crippen LogP contribution in [0.2, 0.25) is 0 Å². The van der Waals surface area contributed by atoms with Crippen LogP contribution in [0.1, 0.15) is 11.6 Å². The van der Waals surface area contributed by atoms with E-state index in [4.69, 9.17) is 0 Å². The van der Waals surface area contributed by atoms with Gasteiger partial charge in [0.05, 0.1) is 6.04 Å². The molecule has 4 heteroatoms. The van der Waals surface area contributed by atoms with Gasteiger partial charge in [-0.2, -0.15) is 0 Å². The fourth-order valence-electron chi connectivity index (χ4n) is 2.12. The summed E-state index contributed by atoms with van der Waals surface area (Å²) in [7, 11) is 0.